The Kier molecular flexibility index (Phi) is 8.21. The maximum Gasteiger partial charge on any atom is 0.220 e. The topological polar surface area (TPSA) is 54.0 Å². The molecule has 0 spiro atoms. The van der Waals surface area contributed by atoms with Crippen LogP contribution in [0.15, 0.2) is 0 Å². The first-order valence-corrected chi connectivity index (χ1v) is 7.15. The average Bonchev–Trinajstić information content (AvgIpc) is 2.72. The number of ether oxygens (including phenoxy) is 4. The van der Waals surface area contributed by atoms with Crippen LogP contribution in [0, 0.1) is 0 Å². The van der Waals surface area contributed by atoms with E-state index in [9.17, 15) is 4.79 Å². The lowest BCUT2D eigenvalue weighted by atomic mass is 10.1. The van der Waals surface area contributed by atoms with E-state index in [1.54, 1.807) is 0 Å². The highest BCUT2D eigenvalue weighted by molar-refractivity contribution is 5.88. The van der Waals surface area contributed by atoms with Gasteiger partial charge in [-0.3, -0.25) is 4.79 Å². The summed E-state index contributed by atoms with van der Waals surface area (Å²) in [6, 6.07) is 0. The van der Waals surface area contributed by atoms with Gasteiger partial charge in [-0.1, -0.05) is 26.7 Å². The smallest absolute Gasteiger partial charge is 0.220 e. The van der Waals surface area contributed by atoms with Crippen molar-refractivity contribution in [1.29, 1.82) is 0 Å². The van der Waals surface area contributed by atoms with E-state index in [4.69, 9.17) is 18.9 Å². The summed E-state index contributed by atoms with van der Waals surface area (Å²) in [6.45, 7) is 5.82. The van der Waals surface area contributed by atoms with Gasteiger partial charge >= 0.3 is 0 Å². The van der Waals surface area contributed by atoms with Crippen molar-refractivity contribution in [3.63, 3.8) is 0 Å². The molecule has 0 aromatic rings. The minimum absolute atomic E-state index is 0.136. The average molecular weight is 274 g/mol. The lowest BCUT2D eigenvalue weighted by Gasteiger charge is -2.17. The summed E-state index contributed by atoms with van der Waals surface area (Å²) >= 11 is 0. The summed E-state index contributed by atoms with van der Waals surface area (Å²) in [5.41, 5.74) is 0. The number of rotatable bonds is 10. The SMILES string of the molecule is CCCCOC[C@H]1OC(OC)C(=O)C1OCCCC. The Bertz CT molecular complexity index is 256. The zero-order chi connectivity index (χ0) is 14.1. The maximum absolute atomic E-state index is 12.0. The molecule has 0 amide bonds. The Morgan fingerprint density at radius 3 is 2.47 bits per heavy atom. The molecule has 0 bridgehead atoms. The van der Waals surface area contributed by atoms with Crippen LogP contribution in [0.2, 0.25) is 0 Å². The summed E-state index contributed by atoms with van der Waals surface area (Å²) in [5.74, 6) is -0.136. The number of hydrogen-bond donors (Lipinski definition) is 0. The first-order valence-electron chi connectivity index (χ1n) is 7.15. The highest BCUT2D eigenvalue weighted by atomic mass is 16.7. The lowest BCUT2D eigenvalue weighted by Crippen LogP contribution is -2.34. The Hall–Kier alpha value is -0.490. The predicted molar refractivity (Wildman–Crippen MR) is 71.1 cm³/mol. The highest BCUT2D eigenvalue weighted by Gasteiger charge is 2.44. The first-order chi connectivity index (χ1) is 9.24. The number of hydrogen-bond acceptors (Lipinski definition) is 5. The van der Waals surface area contributed by atoms with Gasteiger partial charge < -0.3 is 18.9 Å². The number of ketones is 1. The number of Topliss-reactive ketones (excluding diaryl/α,β-unsaturated/α-hetero) is 1. The van der Waals surface area contributed by atoms with E-state index in [1.165, 1.54) is 7.11 Å². The molecule has 1 aliphatic rings. The van der Waals surface area contributed by atoms with Gasteiger partial charge in [0, 0.05) is 20.3 Å². The molecule has 1 rings (SSSR count). The molecular formula is C14H26O5. The Morgan fingerprint density at radius 1 is 1.16 bits per heavy atom. The predicted octanol–water partition coefficient (Wildman–Crippen LogP) is 1.93. The minimum Gasteiger partial charge on any atom is -0.379 e. The van der Waals surface area contributed by atoms with E-state index in [-0.39, 0.29) is 11.9 Å². The number of carbonyl (C=O) groups is 1. The molecule has 1 heterocycles. The van der Waals surface area contributed by atoms with Gasteiger partial charge in [0.15, 0.2) is 0 Å². The molecule has 1 saturated heterocycles. The van der Waals surface area contributed by atoms with Gasteiger partial charge in [-0.05, 0) is 12.8 Å². The normalized spacial score (nSPS) is 27.1. The standard InChI is InChI=1S/C14H26O5/c1-4-6-8-17-10-11-13(18-9-7-5-2)12(15)14(16-3)19-11/h11,13-14H,4-10H2,1-3H3/t11-,13?,14?/m1/s1. The van der Waals surface area contributed by atoms with Crippen molar-refractivity contribution < 1.29 is 23.7 Å². The molecule has 0 aliphatic carbocycles. The number of unbranched alkanes of at least 4 members (excludes halogenated alkanes) is 2. The Balaban J connectivity index is 2.42. The second-order valence-corrected chi connectivity index (χ2v) is 4.72. The Labute approximate surface area is 115 Å². The van der Waals surface area contributed by atoms with E-state index in [2.05, 4.69) is 13.8 Å². The van der Waals surface area contributed by atoms with Gasteiger partial charge in [-0.25, -0.2) is 0 Å². The molecule has 3 atom stereocenters. The molecule has 0 N–H and O–H groups in total. The molecule has 19 heavy (non-hydrogen) atoms. The summed E-state index contributed by atoms with van der Waals surface area (Å²) in [4.78, 5) is 12.0. The molecule has 5 nitrogen and oxygen atoms in total. The summed E-state index contributed by atoms with van der Waals surface area (Å²) in [7, 11) is 1.46. The van der Waals surface area contributed by atoms with Gasteiger partial charge in [0.05, 0.1) is 6.61 Å². The van der Waals surface area contributed by atoms with Crippen molar-refractivity contribution in [2.75, 3.05) is 26.9 Å². The van der Waals surface area contributed by atoms with Crippen molar-refractivity contribution in [2.45, 2.75) is 58.0 Å². The van der Waals surface area contributed by atoms with E-state index in [0.717, 1.165) is 25.7 Å². The van der Waals surface area contributed by atoms with E-state index < -0.39 is 12.4 Å². The van der Waals surface area contributed by atoms with Crippen LogP contribution in [0.5, 0.6) is 0 Å². The molecule has 1 aliphatic heterocycles. The summed E-state index contributed by atoms with van der Waals surface area (Å²) in [6.07, 6.45) is 2.34. The van der Waals surface area contributed by atoms with Crippen LogP contribution in [-0.4, -0.2) is 51.2 Å². The van der Waals surface area contributed by atoms with Gasteiger partial charge in [-0.15, -0.1) is 0 Å². The van der Waals surface area contributed by atoms with Crippen LogP contribution >= 0.6 is 0 Å². The molecule has 5 heteroatoms. The van der Waals surface area contributed by atoms with Gasteiger partial charge in [-0.2, -0.15) is 0 Å². The fourth-order valence-electron chi connectivity index (χ4n) is 1.90. The van der Waals surface area contributed by atoms with Gasteiger partial charge in [0.25, 0.3) is 0 Å². The van der Waals surface area contributed by atoms with Crippen molar-refractivity contribution in [3.8, 4) is 0 Å². The van der Waals surface area contributed by atoms with Crippen molar-refractivity contribution in [2.24, 2.45) is 0 Å². The van der Waals surface area contributed by atoms with Gasteiger partial charge in [0.1, 0.15) is 12.2 Å². The molecule has 0 aromatic heterocycles. The zero-order valence-electron chi connectivity index (χ0n) is 12.2. The third-order valence-corrected chi connectivity index (χ3v) is 3.08. The van der Waals surface area contributed by atoms with E-state index in [0.29, 0.717) is 19.8 Å². The molecule has 112 valence electrons. The van der Waals surface area contributed by atoms with Crippen LogP contribution < -0.4 is 0 Å². The van der Waals surface area contributed by atoms with Gasteiger partial charge in [0.2, 0.25) is 12.1 Å². The van der Waals surface area contributed by atoms with Crippen molar-refractivity contribution in [3.05, 3.63) is 0 Å². The van der Waals surface area contributed by atoms with Crippen LogP contribution in [0.25, 0.3) is 0 Å². The van der Waals surface area contributed by atoms with Crippen LogP contribution in [0.3, 0.4) is 0 Å². The van der Waals surface area contributed by atoms with Crippen molar-refractivity contribution in [1.82, 2.24) is 0 Å². The zero-order valence-corrected chi connectivity index (χ0v) is 12.2. The lowest BCUT2D eigenvalue weighted by molar-refractivity contribution is -0.154. The molecule has 0 saturated carbocycles. The monoisotopic (exact) mass is 274 g/mol. The fraction of sp³-hybridized carbons (Fsp3) is 0.929. The first kappa shape index (κ1) is 16.6. The highest BCUT2D eigenvalue weighted by Crippen LogP contribution is 2.21. The summed E-state index contributed by atoms with van der Waals surface area (Å²) in [5, 5.41) is 0. The number of carbonyl (C=O) groups excluding carboxylic acids is 1. The quantitative estimate of drug-likeness (QED) is 0.570. The Morgan fingerprint density at radius 2 is 1.84 bits per heavy atom. The van der Waals surface area contributed by atoms with E-state index >= 15 is 0 Å². The third-order valence-electron chi connectivity index (χ3n) is 3.08. The second-order valence-electron chi connectivity index (χ2n) is 4.72. The molecule has 1 fully saturated rings. The minimum atomic E-state index is -0.814. The van der Waals surface area contributed by atoms with Crippen LogP contribution in [0.1, 0.15) is 39.5 Å². The maximum atomic E-state index is 12.0. The van der Waals surface area contributed by atoms with Crippen LogP contribution in [-0.2, 0) is 23.7 Å². The third kappa shape index (κ3) is 5.18. The van der Waals surface area contributed by atoms with E-state index in [1.807, 2.05) is 0 Å². The summed E-state index contributed by atoms with van der Waals surface area (Å²) < 4.78 is 21.7. The fourth-order valence-corrected chi connectivity index (χ4v) is 1.90. The largest absolute Gasteiger partial charge is 0.379 e. The van der Waals surface area contributed by atoms with Crippen LogP contribution in [0.4, 0.5) is 0 Å². The molecule has 0 radical (unpaired) electrons. The molecular weight excluding hydrogens is 248 g/mol. The van der Waals surface area contributed by atoms with Crippen molar-refractivity contribution >= 4 is 5.78 Å². The molecule has 2 unspecified atom stereocenters. The number of methoxy groups -OCH3 is 1. The second kappa shape index (κ2) is 9.42. The molecule has 0 aromatic carbocycles.